The van der Waals surface area contributed by atoms with Gasteiger partial charge in [-0.2, -0.15) is 4.72 Å². The van der Waals surface area contributed by atoms with E-state index in [0.717, 1.165) is 18.4 Å². The minimum absolute atomic E-state index is 0.412. The van der Waals surface area contributed by atoms with Crippen LogP contribution in [0.1, 0.15) is 13.8 Å². The first-order valence-corrected chi connectivity index (χ1v) is 9.73. The lowest BCUT2D eigenvalue weighted by molar-refractivity contribution is -0.140. The van der Waals surface area contributed by atoms with E-state index in [1.807, 2.05) is 9.44 Å². The second-order valence-corrected chi connectivity index (χ2v) is 8.66. The summed E-state index contributed by atoms with van der Waals surface area (Å²) < 4.78 is 64.0. The van der Waals surface area contributed by atoms with Crippen LogP contribution in [0.15, 0.2) is 23.1 Å². The molecule has 1 aromatic carbocycles. The number of sulfonamides is 2. The summed E-state index contributed by atoms with van der Waals surface area (Å²) >= 11 is 0. The van der Waals surface area contributed by atoms with E-state index in [4.69, 9.17) is 5.11 Å². The predicted molar refractivity (Wildman–Crippen MR) is 81.4 cm³/mol. The van der Waals surface area contributed by atoms with Crippen LogP contribution in [-0.4, -0.2) is 40.2 Å². The molecule has 0 heterocycles. The molecule has 0 spiro atoms. The van der Waals surface area contributed by atoms with E-state index in [0.29, 0.717) is 6.07 Å². The average Bonchev–Trinajstić information content (AvgIpc) is 2.36. The Kier molecular flexibility index (Phi) is 5.72. The monoisotopic (exact) mass is 368 g/mol. The third kappa shape index (κ3) is 5.44. The molecule has 0 aliphatic rings. The van der Waals surface area contributed by atoms with Gasteiger partial charge in [0.15, 0.2) is 0 Å². The zero-order valence-electron chi connectivity index (χ0n) is 12.6. The SMILES string of the molecule is CC(C)[C@H](NS(=O)(=O)c1ccc(NS(C)(=O)=O)c(F)c1)C(=O)O. The van der Waals surface area contributed by atoms with Gasteiger partial charge in [-0.3, -0.25) is 9.52 Å². The van der Waals surface area contributed by atoms with Crippen molar-refractivity contribution in [1.82, 2.24) is 4.72 Å². The lowest BCUT2D eigenvalue weighted by Gasteiger charge is -2.18. The summed E-state index contributed by atoms with van der Waals surface area (Å²) in [5.74, 6) is -2.99. The normalized spacial score (nSPS) is 13.8. The second-order valence-electron chi connectivity index (χ2n) is 5.20. The van der Waals surface area contributed by atoms with Crippen LogP contribution in [0.25, 0.3) is 0 Å². The molecule has 0 amide bonds. The van der Waals surface area contributed by atoms with Crippen LogP contribution in [0.3, 0.4) is 0 Å². The zero-order chi connectivity index (χ0) is 18.0. The molecule has 0 saturated carbocycles. The van der Waals surface area contributed by atoms with Crippen LogP contribution in [0.4, 0.5) is 10.1 Å². The first-order valence-electron chi connectivity index (χ1n) is 6.36. The molecule has 8 nitrogen and oxygen atoms in total. The van der Waals surface area contributed by atoms with Crippen molar-refractivity contribution in [2.24, 2.45) is 5.92 Å². The topological polar surface area (TPSA) is 130 Å². The van der Waals surface area contributed by atoms with Gasteiger partial charge in [0, 0.05) is 0 Å². The maximum atomic E-state index is 13.8. The summed E-state index contributed by atoms with van der Waals surface area (Å²) in [4.78, 5) is 10.5. The molecule has 0 bridgehead atoms. The standard InChI is InChI=1S/C12H17FN2O6S2/c1-7(2)11(12(16)17)15-23(20,21)8-4-5-10(9(13)6-8)14-22(3,18)19/h4-7,11,14-15H,1-3H3,(H,16,17)/t11-/m0/s1. The van der Waals surface area contributed by atoms with E-state index >= 15 is 0 Å². The minimum Gasteiger partial charge on any atom is -0.480 e. The number of nitrogens with one attached hydrogen (secondary N) is 2. The Morgan fingerprint density at radius 1 is 1.22 bits per heavy atom. The quantitative estimate of drug-likeness (QED) is 0.646. The van der Waals surface area contributed by atoms with Crippen molar-refractivity contribution >= 4 is 31.7 Å². The van der Waals surface area contributed by atoms with E-state index in [1.165, 1.54) is 13.8 Å². The Morgan fingerprint density at radius 3 is 2.17 bits per heavy atom. The highest BCUT2D eigenvalue weighted by atomic mass is 32.2. The largest absolute Gasteiger partial charge is 0.480 e. The molecule has 0 saturated heterocycles. The molecule has 1 atom stereocenters. The number of hydrogen-bond donors (Lipinski definition) is 3. The van der Waals surface area contributed by atoms with Gasteiger partial charge in [0.05, 0.1) is 16.8 Å². The highest BCUT2D eigenvalue weighted by molar-refractivity contribution is 7.92. The van der Waals surface area contributed by atoms with Crippen molar-refractivity contribution in [3.8, 4) is 0 Å². The van der Waals surface area contributed by atoms with E-state index < -0.39 is 54.4 Å². The first-order chi connectivity index (χ1) is 10.3. The lowest BCUT2D eigenvalue weighted by atomic mass is 10.1. The maximum Gasteiger partial charge on any atom is 0.322 e. The summed E-state index contributed by atoms with van der Waals surface area (Å²) in [7, 11) is -8.00. The highest BCUT2D eigenvalue weighted by Gasteiger charge is 2.28. The third-order valence-electron chi connectivity index (χ3n) is 2.76. The van der Waals surface area contributed by atoms with Gasteiger partial charge in [0.2, 0.25) is 20.0 Å². The molecule has 1 aromatic rings. The van der Waals surface area contributed by atoms with Crippen molar-refractivity contribution in [2.75, 3.05) is 11.0 Å². The minimum atomic E-state index is -4.28. The Labute approximate surface area is 133 Å². The Balaban J connectivity index is 3.15. The number of halogens is 1. The van der Waals surface area contributed by atoms with Crippen LogP contribution >= 0.6 is 0 Å². The van der Waals surface area contributed by atoms with Crippen molar-refractivity contribution in [2.45, 2.75) is 24.8 Å². The van der Waals surface area contributed by atoms with Gasteiger partial charge >= 0.3 is 5.97 Å². The molecule has 0 unspecified atom stereocenters. The van der Waals surface area contributed by atoms with Crippen LogP contribution in [0.2, 0.25) is 0 Å². The number of benzene rings is 1. The number of carboxylic acid groups (broad SMARTS) is 1. The second kappa shape index (κ2) is 6.81. The van der Waals surface area contributed by atoms with Gasteiger partial charge < -0.3 is 5.11 Å². The average molecular weight is 368 g/mol. The molecule has 0 aliphatic heterocycles. The molecular formula is C12H17FN2O6S2. The van der Waals surface area contributed by atoms with Crippen molar-refractivity contribution in [1.29, 1.82) is 0 Å². The van der Waals surface area contributed by atoms with Gasteiger partial charge in [-0.15, -0.1) is 0 Å². The predicted octanol–water partition coefficient (Wildman–Crippen LogP) is 0.585. The Bertz CT molecular complexity index is 805. The number of aliphatic carboxylic acids is 1. The van der Waals surface area contributed by atoms with Crippen LogP contribution in [0, 0.1) is 11.7 Å². The van der Waals surface area contributed by atoms with Gasteiger partial charge in [0.1, 0.15) is 11.9 Å². The van der Waals surface area contributed by atoms with Crippen molar-refractivity contribution in [3.05, 3.63) is 24.0 Å². The Hall–Kier alpha value is -1.72. The number of rotatable bonds is 7. The van der Waals surface area contributed by atoms with Crippen molar-refractivity contribution in [3.63, 3.8) is 0 Å². The molecule has 130 valence electrons. The van der Waals surface area contributed by atoms with Crippen LogP contribution < -0.4 is 9.44 Å². The van der Waals surface area contributed by atoms with Crippen LogP contribution in [-0.2, 0) is 24.8 Å². The molecule has 23 heavy (non-hydrogen) atoms. The lowest BCUT2D eigenvalue weighted by Crippen LogP contribution is -2.44. The number of hydrogen-bond acceptors (Lipinski definition) is 5. The summed E-state index contributed by atoms with van der Waals surface area (Å²) in [5, 5.41) is 9.00. The van der Waals surface area contributed by atoms with Gasteiger partial charge in [0.25, 0.3) is 0 Å². The molecule has 0 aromatic heterocycles. The Morgan fingerprint density at radius 2 is 1.78 bits per heavy atom. The summed E-state index contributed by atoms with van der Waals surface area (Å²) in [6.45, 7) is 3.03. The van der Waals surface area contributed by atoms with E-state index in [9.17, 15) is 26.0 Å². The van der Waals surface area contributed by atoms with Gasteiger partial charge in [-0.1, -0.05) is 13.8 Å². The molecule has 0 fully saturated rings. The molecule has 3 N–H and O–H groups in total. The fourth-order valence-electron chi connectivity index (χ4n) is 1.65. The molecular weight excluding hydrogens is 351 g/mol. The molecule has 11 heteroatoms. The summed E-state index contributed by atoms with van der Waals surface area (Å²) in [6, 6.07) is 1.14. The molecule has 1 rings (SSSR count). The number of anilines is 1. The summed E-state index contributed by atoms with van der Waals surface area (Å²) in [5.41, 5.74) is -0.412. The highest BCUT2D eigenvalue weighted by Crippen LogP contribution is 2.20. The number of carboxylic acids is 1. The van der Waals surface area contributed by atoms with Gasteiger partial charge in [-0.05, 0) is 24.1 Å². The van der Waals surface area contributed by atoms with Gasteiger partial charge in [-0.25, -0.2) is 21.2 Å². The summed E-state index contributed by atoms with van der Waals surface area (Å²) in [6.07, 6.45) is 0.818. The molecule has 0 radical (unpaired) electrons. The zero-order valence-corrected chi connectivity index (χ0v) is 14.2. The fraction of sp³-hybridized carbons (Fsp3) is 0.417. The van der Waals surface area contributed by atoms with E-state index in [1.54, 1.807) is 0 Å². The number of carbonyl (C=O) groups is 1. The maximum absolute atomic E-state index is 13.8. The van der Waals surface area contributed by atoms with E-state index in [2.05, 4.69) is 0 Å². The third-order valence-corrected chi connectivity index (χ3v) is 4.79. The smallest absolute Gasteiger partial charge is 0.322 e. The molecule has 0 aliphatic carbocycles. The fourth-order valence-corrected chi connectivity index (χ4v) is 3.57. The van der Waals surface area contributed by atoms with E-state index in [-0.39, 0.29) is 0 Å². The first kappa shape index (κ1) is 19.3. The van der Waals surface area contributed by atoms with Crippen molar-refractivity contribution < 1.29 is 31.1 Å². The van der Waals surface area contributed by atoms with Crippen LogP contribution in [0.5, 0.6) is 0 Å².